The molecule has 3 amide bonds. The third kappa shape index (κ3) is 7.55. The number of nitrogens with one attached hydrogen (secondary N) is 4. The molecule has 2 aromatic rings. The van der Waals surface area contributed by atoms with E-state index in [4.69, 9.17) is 4.74 Å². The molecular formula is C27H34N4O4. The minimum absolute atomic E-state index is 0.0529. The van der Waals surface area contributed by atoms with Crippen LogP contribution in [0.4, 0.5) is 11.4 Å². The van der Waals surface area contributed by atoms with Crippen molar-refractivity contribution in [2.75, 3.05) is 30.3 Å². The van der Waals surface area contributed by atoms with E-state index < -0.39 is 0 Å². The molecule has 1 aliphatic heterocycles. The topological polar surface area (TPSA) is 109 Å². The summed E-state index contributed by atoms with van der Waals surface area (Å²) >= 11 is 0. The molecule has 0 aromatic heterocycles. The van der Waals surface area contributed by atoms with Gasteiger partial charge < -0.3 is 26.0 Å². The van der Waals surface area contributed by atoms with Crippen LogP contribution in [0.15, 0.2) is 48.5 Å². The molecule has 1 unspecified atom stereocenters. The van der Waals surface area contributed by atoms with Crippen LogP contribution in [-0.4, -0.2) is 49.6 Å². The fourth-order valence-corrected chi connectivity index (χ4v) is 4.49. The third-order valence-corrected chi connectivity index (χ3v) is 6.46. The Balaban J connectivity index is 1.21. The van der Waals surface area contributed by atoms with Crippen LogP contribution in [0, 0.1) is 0 Å². The van der Waals surface area contributed by atoms with Crippen LogP contribution in [0.2, 0.25) is 0 Å². The molecule has 4 rings (SSSR count). The molecule has 1 heterocycles. The molecule has 8 nitrogen and oxygen atoms in total. The highest BCUT2D eigenvalue weighted by molar-refractivity contribution is 5.97. The van der Waals surface area contributed by atoms with Gasteiger partial charge in [-0.1, -0.05) is 25.3 Å². The van der Waals surface area contributed by atoms with Crippen molar-refractivity contribution in [3.63, 3.8) is 0 Å². The summed E-state index contributed by atoms with van der Waals surface area (Å²) in [5.41, 5.74) is 2.42. The molecule has 1 saturated heterocycles. The second kappa shape index (κ2) is 12.4. The van der Waals surface area contributed by atoms with Crippen LogP contribution >= 0.6 is 0 Å². The number of anilines is 2. The van der Waals surface area contributed by atoms with Gasteiger partial charge in [0.05, 0.1) is 12.6 Å². The summed E-state index contributed by atoms with van der Waals surface area (Å²) in [5, 5.41) is 11.9. The van der Waals surface area contributed by atoms with Crippen molar-refractivity contribution in [3.8, 4) is 0 Å². The predicted molar refractivity (Wildman–Crippen MR) is 136 cm³/mol. The first-order valence-electron chi connectivity index (χ1n) is 12.5. The number of ether oxygens (including phenoxy) is 1. The zero-order chi connectivity index (χ0) is 24.5. The Bertz CT molecular complexity index is 1010. The van der Waals surface area contributed by atoms with E-state index in [1.54, 1.807) is 42.5 Å². The zero-order valence-electron chi connectivity index (χ0n) is 20.0. The Labute approximate surface area is 206 Å². The lowest BCUT2D eigenvalue weighted by Gasteiger charge is -2.22. The Kier molecular flexibility index (Phi) is 8.73. The van der Waals surface area contributed by atoms with Gasteiger partial charge in [-0.3, -0.25) is 14.4 Å². The van der Waals surface area contributed by atoms with Gasteiger partial charge in [0.1, 0.15) is 0 Å². The molecule has 1 saturated carbocycles. The Hall–Kier alpha value is -3.39. The number of hydrogen-bond acceptors (Lipinski definition) is 5. The van der Waals surface area contributed by atoms with Gasteiger partial charge in [0.25, 0.3) is 11.8 Å². The summed E-state index contributed by atoms with van der Waals surface area (Å²) in [5.74, 6) is -0.463. The summed E-state index contributed by atoms with van der Waals surface area (Å²) in [6.45, 7) is 1.31. The van der Waals surface area contributed by atoms with Crippen molar-refractivity contribution < 1.29 is 19.1 Å². The number of rotatable bonds is 9. The summed E-state index contributed by atoms with van der Waals surface area (Å²) in [6, 6.07) is 14.2. The van der Waals surface area contributed by atoms with Gasteiger partial charge in [0, 0.05) is 41.7 Å². The number of hydrogen-bond donors (Lipinski definition) is 4. The molecule has 2 aliphatic rings. The molecule has 8 heteroatoms. The molecule has 2 aromatic carbocycles. The van der Waals surface area contributed by atoms with Gasteiger partial charge in [-0.05, 0) is 68.1 Å². The average Bonchev–Trinajstić information content (AvgIpc) is 3.41. The molecule has 35 heavy (non-hydrogen) atoms. The van der Waals surface area contributed by atoms with Crippen molar-refractivity contribution in [2.24, 2.45) is 0 Å². The van der Waals surface area contributed by atoms with Crippen molar-refractivity contribution in [1.29, 1.82) is 0 Å². The van der Waals surface area contributed by atoms with Crippen LogP contribution in [0.1, 0.15) is 65.7 Å². The summed E-state index contributed by atoms with van der Waals surface area (Å²) in [6.07, 6.45) is 7.72. The van der Waals surface area contributed by atoms with Crippen molar-refractivity contribution in [2.45, 2.75) is 57.1 Å². The Morgan fingerprint density at radius 3 is 2.37 bits per heavy atom. The van der Waals surface area contributed by atoms with Gasteiger partial charge in [-0.2, -0.15) is 0 Å². The minimum Gasteiger partial charge on any atom is -0.376 e. The third-order valence-electron chi connectivity index (χ3n) is 6.46. The molecule has 0 radical (unpaired) electrons. The largest absolute Gasteiger partial charge is 0.376 e. The quantitative estimate of drug-likeness (QED) is 0.439. The number of carbonyl (C=O) groups excluding carboxylic acids is 3. The highest BCUT2D eigenvalue weighted by atomic mass is 16.5. The fraction of sp³-hybridized carbons (Fsp3) is 0.444. The van der Waals surface area contributed by atoms with E-state index in [1.165, 1.54) is 6.42 Å². The van der Waals surface area contributed by atoms with E-state index in [0.717, 1.165) is 45.1 Å². The van der Waals surface area contributed by atoms with Crippen LogP contribution in [-0.2, 0) is 9.53 Å². The van der Waals surface area contributed by atoms with Crippen LogP contribution in [0.5, 0.6) is 0 Å². The fourth-order valence-electron chi connectivity index (χ4n) is 4.49. The van der Waals surface area contributed by atoms with Gasteiger partial charge in [-0.15, -0.1) is 0 Å². The van der Waals surface area contributed by atoms with E-state index in [-0.39, 0.29) is 36.4 Å². The highest BCUT2D eigenvalue weighted by Crippen LogP contribution is 2.19. The minimum atomic E-state index is -0.224. The summed E-state index contributed by atoms with van der Waals surface area (Å²) in [4.78, 5) is 37.3. The molecular weight excluding hydrogens is 444 g/mol. The number of carbonyl (C=O) groups is 3. The second-order valence-corrected chi connectivity index (χ2v) is 9.21. The van der Waals surface area contributed by atoms with Crippen LogP contribution in [0.3, 0.4) is 0 Å². The van der Waals surface area contributed by atoms with Gasteiger partial charge in [0.15, 0.2) is 0 Å². The molecule has 2 fully saturated rings. The second-order valence-electron chi connectivity index (χ2n) is 9.21. The first-order valence-corrected chi connectivity index (χ1v) is 12.5. The zero-order valence-corrected chi connectivity index (χ0v) is 20.0. The van der Waals surface area contributed by atoms with Crippen LogP contribution in [0.25, 0.3) is 0 Å². The maximum atomic E-state index is 12.6. The SMILES string of the molecule is O=C(CNc1cccc(C(=O)NC2CCCCC2)c1)Nc1ccc(C(=O)NCC2CCCO2)cc1. The molecule has 1 aliphatic carbocycles. The molecule has 4 N–H and O–H groups in total. The Morgan fingerprint density at radius 1 is 0.829 bits per heavy atom. The van der Waals surface area contributed by atoms with Crippen LogP contribution < -0.4 is 21.3 Å². The monoisotopic (exact) mass is 478 g/mol. The maximum Gasteiger partial charge on any atom is 0.251 e. The van der Waals surface area contributed by atoms with E-state index in [1.807, 2.05) is 6.07 Å². The van der Waals surface area contributed by atoms with Crippen molar-refractivity contribution in [3.05, 3.63) is 59.7 Å². The lowest BCUT2D eigenvalue weighted by atomic mass is 9.95. The lowest BCUT2D eigenvalue weighted by molar-refractivity contribution is -0.114. The van der Waals surface area contributed by atoms with E-state index in [0.29, 0.717) is 29.0 Å². The van der Waals surface area contributed by atoms with Gasteiger partial charge in [0.2, 0.25) is 5.91 Å². The first kappa shape index (κ1) is 24.7. The maximum absolute atomic E-state index is 12.6. The van der Waals surface area contributed by atoms with E-state index in [9.17, 15) is 14.4 Å². The van der Waals surface area contributed by atoms with E-state index in [2.05, 4.69) is 21.3 Å². The molecule has 0 spiro atoms. The van der Waals surface area contributed by atoms with Crippen molar-refractivity contribution >= 4 is 29.1 Å². The normalized spacial score (nSPS) is 18.0. The smallest absolute Gasteiger partial charge is 0.251 e. The van der Waals surface area contributed by atoms with Gasteiger partial charge >= 0.3 is 0 Å². The highest BCUT2D eigenvalue weighted by Gasteiger charge is 2.18. The molecule has 0 bridgehead atoms. The number of amides is 3. The average molecular weight is 479 g/mol. The summed E-state index contributed by atoms with van der Waals surface area (Å²) < 4.78 is 5.52. The molecule has 1 atom stereocenters. The van der Waals surface area contributed by atoms with Crippen molar-refractivity contribution in [1.82, 2.24) is 10.6 Å². The number of benzene rings is 2. The van der Waals surface area contributed by atoms with Gasteiger partial charge in [-0.25, -0.2) is 0 Å². The van der Waals surface area contributed by atoms with E-state index >= 15 is 0 Å². The molecule has 186 valence electrons. The predicted octanol–water partition coefficient (Wildman–Crippen LogP) is 3.71. The Morgan fingerprint density at radius 2 is 1.63 bits per heavy atom. The summed E-state index contributed by atoms with van der Waals surface area (Å²) in [7, 11) is 0. The first-order chi connectivity index (χ1) is 17.1. The lowest BCUT2D eigenvalue weighted by Crippen LogP contribution is -2.36. The standard InChI is InChI=1S/C27H34N4O4/c32-25(30-22-13-11-19(12-14-22)26(33)29-17-24-10-5-15-35-24)18-28-23-9-4-6-20(16-23)27(34)31-21-7-2-1-3-8-21/h4,6,9,11-14,16,21,24,28H,1-3,5,7-8,10,15,17-18H2,(H,29,33)(H,30,32)(H,31,34).